The van der Waals surface area contributed by atoms with Crippen LogP contribution in [0.1, 0.15) is 11.3 Å². The second-order valence-electron chi connectivity index (χ2n) is 4.19. The zero-order valence-corrected chi connectivity index (χ0v) is 11.5. The minimum Gasteiger partial charge on any atom is -0.497 e. The molecule has 2 N–H and O–H groups in total. The van der Waals surface area contributed by atoms with Crippen LogP contribution in [0, 0.1) is 0 Å². The number of aliphatic hydroxyl groups is 1. The van der Waals surface area contributed by atoms with Crippen molar-refractivity contribution < 1.29 is 14.6 Å². The molecule has 1 aromatic carbocycles. The number of hydrogen-bond acceptors (Lipinski definition) is 5. The van der Waals surface area contributed by atoms with Crippen molar-refractivity contribution in [3.8, 4) is 11.4 Å². The Labute approximate surface area is 117 Å². The van der Waals surface area contributed by atoms with Crippen LogP contribution in [0.25, 0.3) is 5.69 Å². The lowest BCUT2D eigenvalue weighted by Gasteiger charge is -2.13. The molecule has 6 nitrogen and oxygen atoms in total. The standard InChI is InChI=1S/C14H17N3O3/c1-15-12-4-3-11(20-2)7-14(12)17-13(5-6-18)10(9-19)8-16-17/h3-4,6-8,15,19H,5,9H2,1-2H3. The number of nitrogens with zero attached hydrogens (tertiary/aromatic N) is 2. The van der Waals surface area contributed by atoms with E-state index in [9.17, 15) is 9.90 Å². The molecule has 6 heteroatoms. The van der Waals surface area contributed by atoms with E-state index in [4.69, 9.17) is 4.74 Å². The molecule has 0 aliphatic heterocycles. The SMILES string of the molecule is CNc1ccc(OC)cc1-n1ncc(CO)c1CC=O. The van der Waals surface area contributed by atoms with Gasteiger partial charge >= 0.3 is 0 Å². The molecule has 1 aromatic heterocycles. The summed E-state index contributed by atoms with van der Waals surface area (Å²) in [4.78, 5) is 10.8. The highest BCUT2D eigenvalue weighted by molar-refractivity contribution is 5.65. The van der Waals surface area contributed by atoms with E-state index in [1.54, 1.807) is 25.0 Å². The molecule has 0 unspecified atom stereocenters. The van der Waals surface area contributed by atoms with Gasteiger partial charge in [-0.25, -0.2) is 4.68 Å². The Morgan fingerprint density at radius 1 is 1.50 bits per heavy atom. The van der Waals surface area contributed by atoms with Crippen molar-refractivity contribution in [2.24, 2.45) is 0 Å². The molecule has 0 saturated carbocycles. The maximum Gasteiger partial charge on any atom is 0.125 e. The molecular weight excluding hydrogens is 258 g/mol. The summed E-state index contributed by atoms with van der Waals surface area (Å²) in [6, 6.07) is 5.54. The lowest BCUT2D eigenvalue weighted by Crippen LogP contribution is -2.07. The Morgan fingerprint density at radius 3 is 2.90 bits per heavy atom. The van der Waals surface area contributed by atoms with Gasteiger partial charge in [-0.2, -0.15) is 5.10 Å². The van der Waals surface area contributed by atoms with Gasteiger partial charge in [0.1, 0.15) is 12.0 Å². The summed E-state index contributed by atoms with van der Waals surface area (Å²) in [5, 5.41) is 16.7. The summed E-state index contributed by atoms with van der Waals surface area (Å²) in [5.74, 6) is 0.692. The fraction of sp³-hybridized carbons (Fsp3) is 0.286. The number of ether oxygens (including phenoxy) is 1. The molecule has 106 valence electrons. The van der Waals surface area contributed by atoms with Gasteiger partial charge in [-0.1, -0.05) is 0 Å². The monoisotopic (exact) mass is 275 g/mol. The topological polar surface area (TPSA) is 76.4 Å². The highest BCUT2D eigenvalue weighted by atomic mass is 16.5. The van der Waals surface area contributed by atoms with Crippen LogP contribution in [0.15, 0.2) is 24.4 Å². The van der Waals surface area contributed by atoms with Crippen molar-refractivity contribution in [1.82, 2.24) is 9.78 Å². The molecule has 2 aromatic rings. The number of hydrogen-bond donors (Lipinski definition) is 2. The number of carbonyl (C=O) groups excluding carboxylic acids is 1. The van der Waals surface area contributed by atoms with E-state index in [0.29, 0.717) is 17.0 Å². The number of carbonyl (C=O) groups is 1. The number of rotatable bonds is 6. The lowest BCUT2D eigenvalue weighted by atomic mass is 10.2. The van der Waals surface area contributed by atoms with E-state index >= 15 is 0 Å². The first-order valence-electron chi connectivity index (χ1n) is 6.21. The first-order valence-corrected chi connectivity index (χ1v) is 6.21. The number of aliphatic hydroxyl groups excluding tert-OH is 1. The quantitative estimate of drug-likeness (QED) is 0.774. The highest BCUT2D eigenvalue weighted by Crippen LogP contribution is 2.27. The third kappa shape index (κ3) is 2.50. The minimum atomic E-state index is -0.151. The predicted octanol–water partition coefficient (Wildman–Crippen LogP) is 1.16. The van der Waals surface area contributed by atoms with Crippen LogP contribution in [0.5, 0.6) is 5.75 Å². The summed E-state index contributed by atoms with van der Waals surface area (Å²) in [6.45, 7) is -0.151. The van der Waals surface area contributed by atoms with Crippen LogP contribution >= 0.6 is 0 Å². The zero-order valence-electron chi connectivity index (χ0n) is 11.5. The first-order chi connectivity index (χ1) is 9.74. The average molecular weight is 275 g/mol. The Hall–Kier alpha value is -2.34. The van der Waals surface area contributed by atoms with E-state index in [1.807, 2.05) is 18.2 Å². The first kappa shape index (κ1) is 14.1. The minimum absolute atomic E-state index is 0.151. The van der Waals surface area contributed by atoms with Crippen molar-refractivity contribution in [2.75, 3.05) is 19.5 Å². The average Bonchev–Trinajstić information content (AvgIpc) is 2.89. The van der Waals surface area contributed by atoms with Crippen LogP contribution in [-0.4, -0.2) is 35.3 Å². The molecule has 0 aliphatic carbocycles. The van der Waals surface area contributed by atoms with E-state index in [-0.39, 0.29) is 13.0 Å². The molecule has 0 bridgehead atoms. The Bertz CT molecular complexity index is 608. The number of benzene rings is 1. The van der Waals surface area contributed by atoms with Gasteiger partial charge in [0.05, 0.1) is 37.0 Å². The number of aldehydes is 1. The fourth-order valence-corrected chi connectivity index (χ4v) is 2.07. The molecule has 2 rings (SSSR count). The predicted molar refractivity (Wildman–Crippen MR) is 75.4 cm³/mol. The Morgan fingerprint density at radius 2 is 2.30 bits per heavy atom. The fourth-order valence-electron chi connectivity index (χ4n) is 2.07. The van der Waals surface area contributed by atoms with E-state index in [1.165, 1.54) is 0 Å². The summed E-state index contributed by atoms with van der Waals surface area (Å²) in [5.41, 5.74) is 2.93. The molecule has 0 saturated heterocycles. The summed E-state index contributed by atoms with van der Waals surface area (Å²) < 4.78 is 6.87. The van der Waals surface area contributed by atoms with Gasteiger partial charge < -0.3 is 20.0 Å². The van der Waals surface area contributed by atoms with Gasteiger partial charge in [0.2, 0.25) is 0 Å². The smallest absolute Gasteiger partial charge is 0.125 e. The molecular formula is C14H17N3O3. The van der Waals surface area contributed by atoms with Crippen LogP contribution in [0.2, 0.25) is 0 Å². The molecule has 0 amide bonds. The van der Waals surface area contributed by atoms with Crippen molar-refractivity contribution in [3.05, 3.63) is 35.7 Å². The summed E-state index contributed by atoms with van der Waals surface area (Å²) in [6.07, 6.45) is 2.56. The van der Waals surface area contributed by atoms with Crippen LogP contribution in [-0.2, 0) is 17.8 Å². The van der Waals surface area contributed by atoms with E-state index in [2.05, 4.69) is 10.4 Å². The largest absolute Gasteiger partial charge is 0.497 e. The van der Waals surface area contributed by atoms with Gasteiger partial charge in [-0.15, -0.1) is 0 Å². The number of aromatic nitrogens is 2. The van der Waals surface area contributed by atoms with Crippen molar-refractivity contribution in [1.29, 1.82) is 0 Å². The molecule has 0 atom stereocenters. The van der Waals surface area contributed by atoms with Crippen molar-refractivity contribution in [2.45, 2.75) is 13.0 Å². The highest BCUT2D eigenvalue weighted by Gasteiger charge is 2.14. The normalized spacial score (nSPS) is 10.3. The number of anilines is 1. The third-order valence-corrected chi connectivity index (χ3v) is 3.10. The van der Waals surface area contributed by atoms with Crippen LogP contribution < -0.4 is 10.1 Å². The van der Waals surface area contributed by atoms with E-state index < -0.39 is 0 Å². The van der Waals surface area contributed by atoms with Crippen molar-refractivity contribution in [3.63, 3.8) is 0 Å². The Kier molecular flexibility index (Phi) is 4.37. The molecule has 0 radical (unpaired) electrons. The van der Waals surface area contributed by atoms with Gasteiger partial charge in [-0.3, -0.25) is 0 Å². The second-order valence-corrected chi connectivity index (χ2v) is 4.19. The maximum absolute atomic E-state index is 10.8. The summed E-state index contributed by atoms with van der Waals surface area (Å²) >= 11 is 0. The van der Waals surface area contributed by atoms with Gasteiger partial charge in [-0.05, 0) is 12.1 Å². The maximum atomic E-state index is 10.8. The van der Waals surface area contributed by atoms with Gasteiger partial charge in [0.25, 0.3) is 0 Å². The van der Waals surface area contributed by atoms with Crippen LogP contribution in [0.3, 0.4) is 0 Å². The lowest BCUT2D eigenvalue weighted by molar-refractivity contribution is -0.107. The second kappa shape index (κ2) is 6.21. The van der Waals surface area contributed by atoms with Gasteiger partial charge in [0.15, 0.2) is 0 Å². The van der Waals surface area contributed by atoms with Crippen molar-refractivity contribution >= 4 is 12.0 Å². The number of methoxy groups -OCH3 is 1. The Balaban J connectivity index is 2.60. The third-order valence-electron chi connectivity index (χ3n) is 3.10. The zero-order chi connectivity index (χ0) is 14.5. The molecule has 0 fully saturated rings. The molecule has 0 spiro atoms. The molecule has 20 heavy (non-hydrogen) atoms. The van der Waals surface area contributed by atoms with E-state index in [0.717, 1.165) is 17.7 Å². The van der Waals surface area contributed by atoms with Crippen LogP contribution in [0.4, 0.5) is 5.69 Å². The van der Waals surface area contributed by atoms with Gasteiger partial charge in [0, 0.05) is 25.1 Å². The molecule has 1 heterocycles. The summed E-state index contributed by atoms with van der Waals surface area (Å²) in [7, 11) is 3.40. The number of nitrogens with one attached hydrogen (secondary N) is 1. The molecule has 0 aliphatic rings.